The van der Waals surface area contributed by atoms with Crippen LogP contribution in [0.1, 0.15) is 5.56 Å². The van der Waals surface area contributed by atoms with Gasteiger partial charge in [-0.05, 0) is 48.1 Å². The van der Waals surface area contributed by atoms with E-state index in [1.54, 1.807) is 0 Å². The summed E-state index contributed by atoms with van der Waals surface area (Å²) < 4.78 is 7.65. The number of hydrogen-bond donors (Lipinski definition) is 1. The summed E-state index contributed by atoms with van der Waals surface area (Å²) in [7, 11) is 0. The predicted molar refractivity (Wildman–Crippen MR) is 116 cm³/mol. The number of rotatable bonds is 4. The number of halogens is 1. The molecule has 0 spiro atoms. The highest BCUT2D eigenvalue weighted by molar-refractivity contribution is 7.71. The van der Waals surface area contributed by atoms with Crippen molar-refractivity contribution in [2.45, 2.75) is 6.54 Å². The molecule has 0 amide bonds. The van der Waals surface area contributed by atoms with Gasteiger partial charge in [-0.3, -0.25) is 0 Å². The van der Waals surface area contributed by atoms with Crippen LogP contribution >= 0.6 is 23.8 Å². The molecule has 0 saturated carbocycles. The van der Waals surface area contributed by atoms with E-state index in [1.165, 1.54) is 0 Å². The van der Waals surface area contributed by atoms with Crippen molar-refractivity contribution in [3.8, 4) is 22.8 Å². The van der Waals surface area contributed by atoms with Crippen LogP contribution in [0.4, 0.5) is 0 Å². The Labute approximate surface area is 176 Å². The van der Waals surface area contributed by atoms with Gasteiger partial charge in [-0.1, -0.05) is 54.1 Å². The Balaban J connectivity index is 1.67. The summed E-state index contributed by atoms with van der Waals surface area (Å²) in [6, 6.07) is 24.0. The highest BCUT2D eigenvalue weighted by Gasteiger charge is 2.15. The van der Waals surface area contributed by atoms with Gasteiger partial charge in [0.05, 0.1) is 11.0 Å². The molecule has 0 aliphatic carbocycles. The molecule has 0 bridgehead atoms. The quantitative estimate of drug-likeness (QED) is 0.357. The number of hydrogen-bond acceptors (Lipinski definition) is 4. The van der Waals surface area contributed by atoms with Crippen LogP contribution in [0.15, 0.2) is 77.2 Å². The average Bonchev–Trinajstić information content (AvgIpc) is 3.34. The fourth-order valence-corrected chi connectivity index (χ4v) is 3.61. The monoisotopic (exact) mass is 418 g/mol. The molecule has 5 nitrogen and oxygen atoms in total. The lowest BCUT2D eigenvalue weighted by atomic mass is 10.1. The van der Waals surface area contributed by atoms with E-state index in [4.69, 9.17) is 33.2 Å². The van der Waals surface area contributed by atoms with Crippen molar-refractivity contribution in [1.29, 1.82) is 0 Å². The minimum absolute atomic E-state index is 0.248. The van der Waals surface area contributed by atoms with E-state index in [1.807, 2.05) is 60.7 Å². The maximum Gasteiger partial charge on any atom is 0.284 e. The Hall–Kier alpha value is -3.22. The van der Waals surface area contributed by atoms with Crippen LogP contribution in [-0.2, 0) is 6.54 Å². The fraction of sp³-hybridized carbons (Fsp3) is 0.0455. The molecule has 0 radical (unpaired) electrons. The van der Waals surface area contributed by atoms with E-state index < -0.39 is 0 Å². The lowest BCUT2D eigenvalue weighted by Gasteiger charge is -2.10. The molecule has 0 unspecified atom stereocenters. The molecule has 7 heteroatoms. The Morgan fingerprint density at radius 3 is 2.48 bits per heavy atom. The first-order chi connectivity index (χ1) is 14.2. The molecule has 3 aromatic carbocycles. The molecular formula is C22H15ClN4OS. The number of aromatic amines is 1. The van der Waals surface area contributed by atoms with Crippen LogP contribution < -0.4 is 0 Å². The van der Waals surface area contributed by atoms with Crippen molar-refractivity contribution in [2.24, 2.45) is 0 Å². The minimum atomic E-state index is 0.248. The molecule has 2 aromatic heterocycles. The van der Waals surface area contributed by atoms with Crippen molar-refractivity contribution < 1.29 is 4.42 Å². The zero-order valence-corrected chi connectivity index (χ0v) is 16.7. The van der Waals surface area contributed by atoms with Crippen LogP contribution in [0.25, 0.3) is 33.9 Å². The predicted octanol–water partition coefficient (Wildman–Crippen LogP) is 6.12. The van der Waals surface area contributed by atoms with Crippen LogP contribution in [-0.4, -0.2) is 19.7 Å². The minimum Gasteiger partial charge on any atom is -0.409 e. The Kier molecular flexibility index (Phi) is 4.50. The lowest BCUT2D eigenvalue weighted by Crippen LogP contribution is -2.02. The summed E-state index contributed by atoms with van der Waals surface area (Å²) in [6.45, 7) is 0.681. The molecule has 5 aromatic rings. The van der Waals surface area contributed by atoms with Gasteiger partial charge in [-0.2, -0.15) is 0 Å². The highest BCUT2D eigenvalue weighted by atomic mass is 35.5. The largest absolute Gasteiger partial charge is 0.409 e. The number of aromatic nitrogens is 4. The van der Waals surface area contributed by atoms with Gasteiger partial charge in [0.25, 0.3) is 4.84 Å². The van der Waals surface area contributed by atoms with Crippen molar-refractivity contribution in [1.82, 2.24) is 19.7 Å². The summed E-state index contributed by atoms with van der Waals surface area (Å²) >= 11 is 11.0. The van der Waals surface area contributed by atoms with Crippen LogP contribution in [0, 0.1) is 4.84 Å². The molecule has 29 heavy (non-hydrogen) atoms. The van der Waals surface area contributed by atoms with E-state index in [0.29, 0.717) is 12.4 Å². The number of benzene rings is 3. The Bertz CT molecular complexity index is 1350. The van der Waals surface area contributed by atoms with Crippen molar-refractivity contribution in [3.63, 3.8) is 0 Å². The van der Waals surface area contributed by atoms with E-state index in [9.17, 15) is 0 Å². The molecule has 5 rings (SSSR count). The summed E-state index contributed by atoms with van der Waals surface area (Å²) in [4.78, 5) is 5.17. The molecular weight excluding hydrogens is 404 g/mol. The van der Waals surface area contributed by atoms with E-state index in [-0.39, 0.29) is 4.84 Å². The average molecular weight is 419 g/mol. The number of nitrogens with zero attached hydrogens (tertiary/aromatic N) is 3. The topological polar surface area (TPSA) is 59.6 Å². The first-order valence-corrected chi connectivity index (χ1v) is 9.82. The van der Waals surface area contributed by atoms with Gasteiger partial charge in [-0.25, -0.2) is 10.1 Å². The van der Waals surface area contributed by atoms with Crippen molar-refractivity contribution >= 4 is 34.9 Å². The second-order valence-corrected chi connectivity index (χ2v) is 7.44. The molecule has 142 valence electrons. The summed E-state index contributed by atoms with van der Waals surface area (Å²) in [6.07, 6.45) is 0. The van der Waals surface area contributed by atoms with Gasteiger partial charge in [0.2, 0.25) is 5.89 Å². The number of imidazole rings is 1. The normalized spacial score (nSPS) is 11.2. The Morgan fingerprint density at radius 1 is 0.966 bits per heavy atom. The van der Waals surface area contributed by atoms with Gasteiger partial charge in [0.15, 0.2) is 0 Å². The van der Waals surface area contributed by atoms with Crippen molar-refractivity contribution in [2.75, 3.05) is 0 Å². The molecule has 0 fully saturated rings. The second-order valence-electron chi connectivity index (χ2n) is 6.64. The number of nitrogens with one attached hydrogen (secondary N) is 1. The Morgan fingerprint density at radius 2 is 1.76 bits per heavy atom. The first kappa shape index (κ1) is 17.8. The van der Waals surface area contributed by atoms with Gasteiger partial charge in [0, 0.05) is 22.7 Å². The molecule has 0 saturated heterocycles. The second kappa shape index (κ2) is 7.31. The maximum absolute atomic E-state index is 6.05. The van der Waals surface area contributed by atoms with E-state index in [2.05, 4.69) is 26.9 Å². The highest BCUT2D eigenvalue weighted by Crippen LogP contribution is 2.29. The number of H-pyrrole nitrogens is 1. The molecule has 0 aliphatic rings. The van der Waals surface area contributed by atoms with Gasteiger partial charge >= 0.3 is 0 Å². The van der Waals surface area contributed by atoms with Gasteiger partial charge in [0.1, 0.15) is 5.82 Å². The van der Waals surface area contributed by atoms with E-state index in [0.717, 1.165) is 38.6 Å². The molecule has 2 heterocycles. The summed E-state index contributed by atoms with van der Waals surface area (Å²) in [5, 5.41) is 7.49. The van der Waals surface area contributed by atoms with Crippen LogP contribution in [0.2, 0.25) is 5.02 Å². The first-order valence-electron chi connectivity index (χ1n) is 9.03. The lowest BCUT2D eigenvalue weighted by molar-refractivity contribution is 0.552. The zero-order chi connectivity index (χ0) is 19.8. The standard InChI is InChI=1S/C22H15ClN4OS/c23-17-9-6-14(7-10-17)13-27-19-11-8-16(21-25-26-22(29)28-21)12-18(19)24-20(27)15-4-2-1-3-5-15/h1-12H,13H2,(H,26,29). The third kappa shape index (κ3) is 3.48. The molecule has 1 N–H and O–H groups in total. The summed E-state index contributed by atoms with van der Waals surface area (Å²) in [5.74, 6) is 1.35. The number of fused-ring (bicyclic) bond motifs is 1. The summed E-state index contributed by atoms with van der Waals surface area (Å²) in [5.41, 5.74) is 4.90. The van der Waals surface area contributed by atoms with Crippen LogP contribution in [0.5, 0.6) is 0 Å². The zero-order valence-electron chi connectivity index (χ0n) is 15.2. The smallest absolute Gasteiger partial charge is 0.284 e. The third-order valence-electron chi connectivity index (χ3n) is 4.72. The van der Waals surface area contributed by atoms with Crippen LogP contribution in [0.3, 0.4) is 0 Å². The van der Waals surface area contributed by atoms with E-state index >= 15 is 0 Å². The molecule has 0 atom stereocenters. The maximum atomic E-state index is 6.05. The third-order valence-corrected chi connectivity index (χ3v) is 5.15. The molecule has 0 aliphatic heterocycles. The van der Waals surface area contributed by atoms with Gasteiger partial charge in [-0.15, -0.1) is 5.10 Å². The fourth-order valence-electron chi connectivity index (χ4n) is 3.36. The van der Waals surface area contributed by atoms with Gasteiger partial charge < -0.3 is 8.98 Å². The van der Waals surface area contributed by atoms with Crippen molar-refractivity contribution in [3.05, 3.63) is 88.2 Å². The SMILES string of the molecule is S=c1[nH]nc(-c2ccc3c(c2)nc(-c2ccccc2)n3Cc2ccc(Cl)cc2)o1.